The molecule has 0 amide bonds. The lowest BCUT2D eigenvalue weighted by atomic mass is 10.2. The Morgan fingerprint density at radius 3 is 2.79 bits per heavy atom. The molecular formula is C12H15F3N4. The molecule has 0 atom stereocenters. The molecule has 0 fully saturated rings. The third-order valence-corrected chi connectivity index (χ3v) is 2.65. The van der Waals surface area contributed by atoms with Crippen LogP contribution >= 0.6 is 0 Å². The summed E-state index contributed by atoms with van der Waals surface area (Å²) >= 11 is 0. The fraction of sp³-hybridized carbons (Fsp3) is 0.500. The predicted molar refractivity (Wildman–Crippen MR) is 66.1 cm³/mol. The highest BCUT2D eigenvalue weighted by molar-refractivity contribution is 5.43. The molecule has 7 heteroatoms. The van der Waals surface area contributed by atoms with E-state index in [0.29, 0.717) is 24.6 Å². The molecule has 0 spiro atoms. The number of hydrogen-bond acceptors (Lipinski definition) is 3. The maximum Gasteiger partial charge on any atom is 0.389 e. The van der Waals surface area contributed by atoms with Gasteiger partial charge in [0.1, 0.15) is 0 Å². The van der Waals surface area contributed by atoms with Gasteiger partial charge in [-0.1, -0.05) is 6.07 Å². The molecule has 0 aliphatic heterocycles. The molecule has 0 aromatic carbocycles. The zero-order valence-electron chi connectivity index (χ0n) is 10.5. The molecule has 0 aliphatic carbocycles. The van der Waals surface area contributed by atoms with Crippen LogP contribution in [0.25, 0.3) is 5.65 Å². The van der Waals surface area contributed by atoms with Crippen molar-refractivity contribution in [2.75, 3.05) is 11.9 Å². The average molecular weight is 272 g/mol. The first-order chi connectivity index (χ1) is 8.94. The van der Waals surface area contributed by atoms with E-state index in [9.17, 15) is 13.2 Å². The van der Waals surface area contributed by atoms with Crippen molar-refractivity contribution >= 4 is 11.6 Å². The number of nitrogens with one attached hydrogen (secondary N) is 1. The van der Waals surface area contributed by atoms with Crippen LogP contribution in [0, 0.1) is 6.92 Å². The number of unbranched alkanes of at least 4 members (excludes halogenated alkanes) is 1. The summed E-state index contributed by atoms with van der Waals surface area (Å²) in [6, 6.07) is 3.77. The smallest absolute Gasteiger partial charge is 0.353 e. The second-order valence-electron chi connectivity index (χ2n) is 4.44. The minimum atomic E-state index is -4.07. The van der Waals surface area contributed by atoms with Crippen LogP contribution in [0.5, 0.6) is 0 Å². The summed E-state index contributed by atoms with van der Waals surface area (Å²) < 4.78 is 37.5. The van der Waals surface area contributed by atoms with E-state index in [0.717, 1.165) is 5.56 Å². The van der Waals surface area contributed by atoms with Gasteiger partial charge in [0.2, 0.25) is 5.95 Å². The Morgan fingerprint density at radius 1 is 1.26 bits per heavy atom. The Balaban J connectivity index is 1.82. The molecule has 0 radical (unpaired) electrons. The van der Waals surface area contributed by atoms with E-state index >= 15 is 0 Å². The summed E-state index contributed by atoms with van der Waals surface area (Å²) in [5.74, 6) is 0.442. The number of fused-ring (bicyclic) bond motifs is 1. The number of anilines is 1. The van der Waals surface area contributed by atoms with Gasteiger partial charge in [-0.2, -0.15) is 18.2 Å². The number of aryl methyl sites for hydroxylation is 1. The highest BCUT2D eigenvalue weighted by Gasteiger charge is 2.25. The first-order valence-electron chi connectivity index (χ1n) is 6.08. The van der Waals surface area contributed by atoms with Crippen molar-refractivity contribution < 1.29 is 13.2 Å². The summed E-state index contributed by atoms with van der Waals surface area (Å²) in [7, 11) is 0. The fourth-order valence-corrected chi connectivity index (χ4v) is 1.71. The van der Waals surface area contributed by atoms with Crippen LogP contribution in [0.15, 0.2) is 18.3 Å². The van der Waals surface area contributed by atoms with Crippen LogP contribution in [0.2, 0.25) is 0 Å². The second-order valence-corrected chi connectivity index (χ2v) is 4.44. The molecule has 2 aromatic heterocycles. The molecule has 19 heavy (non-hydrogen) atoms. The monoisotopic (exact) mass is 272 g/mol. The standard InChI is InChI=1S/C12H15F3N4/c1-9-4-5-10-17-11(18-19(10)8-9)16-7-3-2-6-12(13,14)15/h4-5,8H,2-3,6-7H2,1H3,(H,16,18). The van der Waals surface area contributed by atoms with Crippen LogP contribution in [0.4, 0.5) is 19.1 Å². The molecule has 0 saturated heterocycles. The molecule has 0 saturated carbocycles. The van der Waals surface area contributed by atoms with Crippen molar-refractivity contribution in [3.8, 4) is 0 Å². The first kappa shape index (κ1) is 13.6. The number of pyridine rings is 1. The minimum Gasteiger partial charge on any atom is -0.353 e. The number of alkyl halides is 3. The lowest BCUT2D eigenvalue weighted by Gasteiger charge is -2.05. The Labute approximate surface area is 108 Å². The number of rotatable bonds is 5. The highest BCUT2D eigenvalue weighted by atomic mass is 19.4. The molecule has 0 bridgehead atoms. The summed E-state index contributed by atoms with van der Waals surface area (Å²) in [5.41, 5.74) is 1.78. The molecule has 104 valence electrons. The van der Waals surface area contributed by atoms with Gasteiger partial charge in [0.25, 0.3) is 0 Å². The number of aromatic nitrogens is 3. The molecule has 0 unspecified atom stereocenters. The zero-order valence-corrected chi connectivity index (χ0v) is 10.5. The van der Waals surface area contributed by atoms with Gasteiger partial charge < -0.3 is 5.32 Å². The van der Waals surface area contributed by atoms with Crippen molar-refractivity contribution in [3.63, 3.8) is 0 Å². The van der Waals surface area contributed by atoms with Gasteiger partial charge in [-0.3, -0.25) is 0 Å². The molecule has 2 rings (SSSR count). The minimum absolute atomic E-state index is 0.114. The van der Waals surface area contributed by atoms with E-state index in [-0.39, 0.29) is 6.42 Å². The topological polar surface area (TPSA) is 42.2 Å². The number of nitrogens with zero attached hydrogens (tertiary/aromatic N) is 3. The highest BCUT2D eigenvalue weighted by Crippen LogP contribution is 2.22. The summed E-state index contributed by atoms with van der Waals surface area (Å²) in [6.45, 7) is 2.39. The number of halogens is 3. The summed E-state index contributed by atoms with van der Waals surface area (Å²) in [5, 5.41) is 7.12. The third kappa shape index (κ3) is 4.11. The Kier molecular flexibility index (Phi) is 3.92. The summed E-state index contributed by atoms with van der Waals surface area (Å²) in [6.07, 6.45) is -2.42. The second kappa shape index (κ2) is 5.46. The quantitative estimate of drug-likeness (QED) is 0.850. The van der Waals surface area contributed by atoms with Crippen molar-refractivity contribution in [2.24, 2.45) is 0 Å². The van der Waals surface area contributed by atoms with Crippen molar-refractivity contribution in [2.45, 2.75) is 32.4 Å². The first-order valence-corrected chi connectivity index (χ1v) is 6.08. The molecule has 1 N–H and O–H groups in total. The average Bonchev–Trinajstić information content (AvgIpc) is 2.68. The van der Waals surface area contributed by atoms with Crippen molar-refractivity contribution in [1.29, 1.82) is 0 Å². The van der Waals surface area contributed by atoms with Gasteiger partial charge in [-0.05, 0) is 31.4 Å². The van der Waals surface area contributed by atoms with Crippen LogP contribution in [-0.2, 0) is 0 Å². The lowest BCUT2D eigenvalue weighted by molar-refractivity contribution is -0.135. The Morgan fingerprint density at radius 2 is 2.05 bits per heavy atom. The maximum absolute atomic E-state index is 11.9. The van der Waals surface area contributed by atoms with Gasteiger partial charge in [-0.15, -0.1) is 5.10 Å². The van der Waals surface area contributed by atoms with E-state index in [4.69, 9.17) is 0 Å². The van der Waals surface area contributed by atoms with Crippen LogP contribution < -0.4 is 5.32 Å². The van der Waals surface area contributed by atoms with Crippen LogP contribution in [0.1, 0.15) is 24.8 Å². The van der Waals surface area contributed by atoms with E-state index in [1.54, 1.807) is 4.52 Å². The number of hydrogen-bond donors (Lipinski definition) is 1. The van der Waals surface area contributed by atoms with Gasteiger partial charge in [0.15, 0.2) is 5.65 Å². The van der Waals surface area contributed by atoms with Gasteiger partial charge in [0.05, 0.1) is 0 Å². The fourth-order valence-electron chi connectivity index (χ4n) is 1.71. The van der Waals surface area contributed by atoms with E-state index < -0.39 is 12.6 Å². The maximum atomic E-state index is 11.9. The van der Waals surface area contributed by atoms with Crippen molar-refractivity contribution in [1.82, 2.24) is 14.6 Å². The SMILES string of the molecule is Cc1ccc2nc(NCCCCC(F)(F)F)nn2c1. The zero-order chi connectivity index (χ0) is 13.9. The lowest BCUT2D eigenvalue weighted by Crippen LogP contribution is -2.09. The van der Waals surface area contributed by atoms with Gasteiger partial charge in [0, 0.05) is 19.2 Å². The van der Waals surface area contributed by atoms with E-state index in [1.165, 1.54) is 0 Å². The molecule has 2 aromatic rings. The molecule has 4 nitrogen and oxygen atoms in total. The molecule has 0 aliphatic rings. The Bertz CT molecular complexity index is 547. The van der Waals surface area contributed by atoms with Crippen molar-refractivity contribution in [3.05, 3.63) is 23.9 Å². The van der Waals surface area contributed by atoms with E-state index in [1.807, 2.05) is 25.3 Å². The van der Waals surface area contributed by atoms with Gasteiger partial charge in [-0.25, -0.2) is 4.52 Å². The largest absolute Gasteiger partial charge is 0.389 e. The molecule has 2 heterocycles. The van der Waals surface area contributed by atoms with Gasteiger partial charge >= 0.3 is 6.18 Å². The predicted octanol–water partition coefficient (Wildman–Crippen LogP) is 3.18. The van der Waals surface area contributed by atoms with Crippen LogP contribution in [-0.4, -0.2) is 27.3 Å². The third-order valence-electron chi connectivity index (χ3n) is 2.65. The summed E-state index contributed by atoms with van der Waals surface area (Å²) in [4.78, 5) is 4.22. The van der Waals surface area contributed by atoms with E-state index in [2.05, 4.69) is 15.4 Å². The normalized spacial score (nSPS) is 12.0. The van der Waals surface area contributed by atoms with Crippen LogP contribution in [0.3, 0.4) is 0 Å². The molecular weight excluding hydrogens is 257 g/mol. The Hall–Kier alpha value is -1.79.